The van der Waals surface area contributed by atoms with Gasteiger partial charge >= 0.3 is 0 Å². The molecule has 6 nitrogen and oxygen atoms in total. The van der Waals surface area contributed by atoms with Gasteiger partial charge in [-0.3, -0.25) is 10.1 Å². The Morgan fingerprint density at radius 2 is 2.13 bits per heavy atom. The number of nitrogens with zero attached hydrogens (tertiary/aromatic N) is 1. The maximum Gasteiger partial charge on any atom is 0.257 e. The van der Waals surface area contributed by atoms with Crippen LogP contribution in [0.25, 0.3) is 11.3 Å². The quantitative estimate of drug-likeness (QED) is 0.587. The maximum absolute atomic E-state index is 13.9. The fourth-order valence-corrected chi connectivity index (χ4v) is 3.84. The highest BCUT2D eigenvalue weighted by Crippen LogP contribution is 2.28. The number of nitrogens with one attached hydrogen (secondary N) is 1. The monoisotopic (exact) mass is 428 g/mol. The molecule has 1 atom stereocenters. The van der Waals surface area contributed by atoms with E-state index in [9.17, 15) is 9.18 Å². The van der Waals surface area contributed by atoms with Gasteiger partial charge in [-0.25, -0.2) is 9.37 Å². The van der Waals surface area contributed by atoms with Crippen LogP contribution < -0.4 is 14.8 Å². The third-order valence-electron chi connectivity index (χ3n) is 4.75. The lowest BCUT2D eigenvalue weighted by Gasteiger charge is -2.11. The van der Waals surface area contributed by atoms with Gasteiger partial charge in [0.1, 0.15) is 12.4 Å². The second-order valence-electron chi connectivity index (χ2n) is 6.81. The SMILES string of the molecule is COc1ccc(-c2csc(NC(=O)c3ccc(OCC4CCCO4)cc3)n2)cc1F. The molecule has 3 aromatic rings. The minimum atomic E-state index is -0.463. The van der Waals surface area contributed by atoms with Crippen molar-refractivity contribution in [2.75, 3.05) is 25.6 Å². The van der Waals surface area contributed by atoms with E-state index in [1.807, 2.05) is 0 Å². The molecule has 1 unspecified atom stereocenters. The number of methoxy groups -OCH3 is 1. The van der Waals surface area contributed by atoms with Gasteiger partial charge in [0.15, 0.2) is 16.7 Å². The fraction of sp³-hybridized carbons (Fsp3) is 0.273. The molecule has 156 valence electrons. The first kappa shape index (κ1) is 20.3. The second kappa shape index (κ2) is 9.23. The van der Waals surface area contributed by atoms with Crippen molar-refractivity contribution in [1.29, 1.82) is 0 Å². The van der Waals surface area contributed by atoms with Crippen LogP contribution >= 0.6 is 11.3 Å². The molecule has 0 saturated carbocycles. The predicted octanol–water partition coefficient (Wildman–Crippen LogP) is 4.77. The van der Waals surface area contributed by atoms with Gasteiger partial charge in [-0.1, -0.05) is 0 Å². The van der Waals surface area contributed by atoms with Gasteiger partial charge in [-0.15, -0.1) is 11.3 Å². The number of aromatic nitrogens is 1. The Kier molecular flexibility index (Phi) is 6.25. The zero-order valence-electron chi connectivity index (χ0n) is 16.4. The van der Waals surface area contributed by atoms with E-state index >= 15 is 0 Å². The Bertz CT molecular complexity index is 1020. The van der Waals surface area contributed by atoms with E-state index < -0.39 is 5.82 Å². The minimum Gasteiger partial charge on any atom is -0.494 e. The van der Waals surface area contributed by atoms with Crippen LogP contribution in [0.2, 0.25) is 0 Å². The number of halogens is 1. The predicted molar refractivity (Wildman–Crippen MR) is 113 cm³/mol. The number of carbonyl (C=O) groups is 1. The summed E-state index contributed by atoms with van der Waals surface area (Å²) >= 11 is 1.27. The van der Waals surface area contributed by atoms with Crippen LogP contribution in [0.4, 0.5) is 9.52 Å². The zero-order chi connectivity index (χ0) is 20.9. The van der Waals surface area contributed by atoms with Crippen molar-refractivity contribution in [3.05, 3.63) is 59.2 Å². The average molecular weight is 428 g/mol. The third kappa shape index (κ3) is 4.77. The molecule has 0 bridgehead atoms. The summed E-state index contributed by atoms with van der Waals surface area (Å²) in [5.74, 6) is 0.128. The molecule has 1 saturated heterocycles. The van der Waals surface area contributed by atoms with Crippen LogP contribution in [0.3, 0.4) is 0 Å². The molecule has 8 heteroatoms. The average Bonchev–Trinajstić information content (AvgIpc) is 3.45. The molecule has 2 aromatic carbocycles. The number of carbonyl (C=O) groups excluding carboxylic acids is 1. The van der Waals surface area contributed by atoms with Crippen molar-refractivity contribution in [3.8, 4) is 22.8 Å². The topological polar surface area (TPSA) is 69.7 Å². The van der Waals surface area contributed by atoms with E-state index in [-0.39, 0.29) is 17.8 Å². The van der Waals surface area contributed by atoms with Gasteiger partial charge in [0.05, 0.1) is 18.9 Å². The van der Waals surface area contributed by atoms with Crippen molar-refractivity contribution in [2.45, 2.75) is 18.9 Å². The Labute approximate surface area is 177 Å². The second-order valence-corrected chi connectivity index (χ2v) is 7.67. The number of hydrogen-bond acceptors (Lipinski definition) is 6. The smallest absolute Gasteiger partial charge is 0.257 e. The summed E-state index contributed by atoms with van der Waals surface area (Å²) in [6, 6.07) is 11.5. The summed E-state index contributed by atoms with van der Waals surface area (Å²) in [7, 11) is 1.41. The molecular weight excluding hydrogens is 407 g/mol. The van der Waals surface area contributed by atoms with Crippen LogP contribution in [0.15, 0.2) is 47.8 Å². The number of thiazole rings is 1. The molecule has 2 heterocycles. The van der Waals surface area contributed by atoms with E-state index in [2.05, 4.69) is 10.3 Å². The van der Waals surface area contributed by atoms with Crippen molar-refractivity contribution >= 4 is 22.4 Å². The van der Waals surface area contributed by atoms with Crippen LogP contribution in [-0.2, 0) is 4.74 Å². The summed E-state index contributed by atoms with van der Waals surface area (Å²) in [5, 5.41) is 4.97. The number of anilines is 1. The van der Waals surface area contributed by atoms with Gasteiger partial charge < -0.3 is 14.2 Å². The summed E-state index contributed by atoms with van der Waals surface area (Å²) in [6.07, 6.45) is 2.23. The molecule has 1 aromatic heterocycles. The maximum atomic E-state index is 13.9. The van der Waals surface area contributed by atoms with Gasteiger partial charge in [-0.05, 0) is 55.3 Å². The van der Waals surface area contributed by atoms with E-state index in [0.29, 0.717) is 34.3 Å². The Morgan fingerprint density at radius 1 is 1.30 bits per heavy atom. The van der Waals surface area contributed by atoms with Crippen molar-refractivity contribution < 1.29 is 23.4 Å². The molecule has 1 aliphatic rings. The van der Waals surface area contributed by atoms with E-state index in [1.165, 1.54) is 24.5 Å². The van der Waals surface area contributed by atoms with E-state index in [1.54, 1.807) is 41.8 Å². The molecule has 0 spiro atoms. The largest absolute Gasteiger partial charge is 0.494 e. The number of benzene rings is 2. The zero-order valence-corrected chi connectivity index (χ0v) is 17.2. The van der Waals surface area contributed by atoms with Crippen molar-refractivity contribution in [3.63, 3.8) is 0 Å². The Balaban J connectivity index is 1.36. The molecule has 1 N–H and O–H groups in total. The highest BCUT2D eigenvalue weighted by Gasteiger charge is 2.16. The van der Waals surface area contributed by atoms with Crippen LogP contribution in [0.1, 0.15) is 23.2 Å². The molecular formula is C22H21FN2O4S. The fourth-order valence-electron chi connectivity index (χ4n) is 3.13. The number of amides is 1. The summed E-state index contributed by atoms with van der Waals surface area (Å²) in [5.41, 5.74) is 1.68. The first-order valence-electron chi connectivity index (χ1n) is 9.57. The van der Waals surface area contributed by atoms with E-state index in [0.717, 1.165) is 19.4 Å². The van der Waals surface area contributed by atoms with Crippen molar-refractivity contribution in [1.82, 2.24) is 4.98 Å². The molecule has 1 amide bonds. The van der Waals surface area contributed by atoms with Crippen LogP contribution in [0, 0.1) is 5.82 Å². The number of hydrogen-bond donors (Lipinski definition) is 1. The first-order valence-corrected chi connectivity index (χ1v) is 10.5. The third-order valence-corrected chi connectivity index (χ3v) is 5.51. The lowest BCUT2D eigenvalue weighted by atomic mass is 10.1. The Hall–Kier alpha value is -2.97. The Morgan fingerprint density at radius 3 is 2.83 bits per heavy atom. The highest BCUT2D eigenvalue weighted by molar-refractivity contribution is 7.14. The van der Waals surface area contributed by atoms with Crippen molar-refractivity contribution in [2.24, 2.45) is 0 Å². The van der Waals surface area contributed by atoms with Crippen LogP contribution in [-0.4, -0.2) is 37.3 Å². The van der Waals surface area contributed by atoms with E-state index in [4.69, 9.17) is 14.2 Å². The molecule has 0 aliphatic carbocycles. The molecule has 30 heavy (non-hydrogen) atoms. The first-order chi connectivity index (χ1) is 14.6. The van der Waals surface area contributed by atoms with Gasteiger partial charge in [0.2, 0.25) is 0 Å². The number of rotatable bonds is 7. The van der Waals surface area contributed by atoms with Gasteiger partial charge in [-0.2, -0.15) is 0 Å². The lowest BCUT2D eigenvalue weighted by molar-refractivity contribution is 0.0679. The molecule has 1 fully saturated rings. The number of ether oxygens (including phenoxy) is 3. The van der Waals surface area contributed by atoms with Gasteiger partial charge in [0, 0.05) is 23.1 Å². The molecule has 1 aliphatic heterocycles. The normalized spacial score (nSPS) is 15.7. The van der Waals surface area contributed by atoms with Crippen LogP contribution in [0.5, 0.6) is 11.5 Å². The highest BCUT2D eigenvalue weighted by atomic mass is 32.1. The lowest BCUT2D eigenvalue weighted by Crippen LogP contribution is -2.16. The van der Waals surface area contributed by atoms with Gasteiger partial charge in [0.25, 0.3) is 5.91 Å². The standard InChI is InChI=1S/C22H21FN2O4S/c1-27-20-9-6-15(11-18(20)23)19-13-30-22(24-19)25-21(26)14-4-7-16(8-5-14)29-12-17-3-2-10-28-17/h4-9,11,13,17H,2-3,10,12H2,1H3,(H,24,25,26). The summed E-state index contributed by atoms with van der Waals surface area (Å²) in [6.45, 7) is 1.30. The minimum absolute atomic E-state index is 0.145. The molecule has 0 radical (unpaired) electrons. The molecule has 4 rings (SSSR count). The summed E-state index contributed by atoms with van der Waals surface area (Å²) < 4.78 is 30.1. The summed E-state index contributed by atoms with van der Waals surface area (Å²) in [4.78, 5) is 16.9.